The van der Waals surface area contributed by atoms with Gasteiger partial charge in [-0.05, 0) is 6.92 Å². The molecule has 100 valence electrons. The molecule has 0 saturated carbocycles. The second-order valence-electron chi connectivity index (χ2n) is 3.89. The summed E-state index contributed by atoms with van der Waals surface area (Å²) in [7, 11) is 2.79. The molecule has 1 unspecified atom stereocenters. The van der Waals surface area contributed by atoms with Crippen LogP contribution in [0.5, 0.6) is 0 Å². The van der Waals surface area contributed by atoms with Gasteiger partial charge in [-0.2, -0.15) is 13.2 Å². The van der Waals surface area contributed by atoms with Gasteiger partial charge in [0.05, 0.1) is 6.04 Å². The number of likely N-dealkylation sites (N-methyl/N-ethyl adjacent to an activating group) is 1. The van der Waals surface area contributed by atoms with E-state index in [1.54, 1.807) is 0 Å². The number of carbonyl (C=O) groups is 2. The lowest BCUT2D eigenvalue weighted by Gasteiger charge is -2.26. The highest BCUT2D eigenvalue weighted by atomic mass is 19.4. The van der Waals surface area contributed by atoms with Crippen molar-refractivity contribution >= 4 is 11.8 Å². The predicted molar refractivity (Wildman–Crippen MR) is 55.0 cm³/mol. The molecule has 0 aromatic carbocycles. The van der Waals surface area contributed by atoms with E-state index in [1.165, 1.54) is 21.0 Å². The van der Waals surface area contributed by atoms with Crippen LogP contribution in [0.25, 0.3) is 0 Å². The van der Waals surface area contributed by atoms with Crippen LogP contribution in [0, 0.1) is 0 Å². The maximum absolute atomic E-state index is 12.2. The average Bonchev–Trinajstić information content (AvgIpc) is 2.12. The van der Waals surface area contributed by atoms with Gasteiger partial charge in [0.2, 0.25) is 11.8 Å². The lowest BCUT2D eigenvalue weighted by atomic mass is 10.3. The third-order valence-corrected chi connectivity index (χ3v) is 1.90. The topological polar surface area (TPSA) is 66.6 Å². The summed E-state index contributed by atoms with van der Waals surface area (Å²) >= 11 is 0. The lowest BCUT2D eigenvalue weighted by molar-refractivity contribution is -0.164. The van der Waals surface area contributed by atoms with E-state index in [2.05, 4.69) is 0 Å². The van der Waals surface area contributed by atoms with Crippen molar-refractivity contribution in [3.63, 3.8) is 0 Å². The van der Waals surface area contributed by atoms with Crippen molar-refractivity contribution in [1.82, 2.24) is 9.80 Å². The first kappa shape index (κ1) is 15.7. The van der Waals surface area contributed by atoms with Crippen molar-refractivity contribution in [2.75, 3.05) is 27.2 Å². The fraction of sp³-hybridized carbons (Fsp3) is 0.778. The number of nitrogens with zero attached hydrogens (tertiary/aromatic N) is 2. The van der Waals surface area contributed by atoms with Crippen LogP contribution in [0.2, 0.25) is 0 Å². The fourth-order valence-electron chi connectivity index (χ4n) is 1.02. The van der Waals surface area contributed by atoms with Crippen LogP contribution in [0.4, 0.5) is 13.2 Å². The van der Waals surface area contributed by atoms with Crippen LogP contribution in [0.1, 0.15) is 6.92 Å². The molecule has 5 nitrogen and oxygen atoms in total. The van der Waals surface area contributed by atoms with Crippen molar-refractivity contribution in [2.24, 2.45) is 5.73 Å². The number of halogens is 3. The smallest absolute Gasteiger partial charge is 0.347 e. The lowest BCUT2D eigenvalue weighted by Crippen LogP contribution is -2.49. The summed E-state index contributed by atoms with van der Waals surface area (Å²) in [6.07, 6.45) is -4.56. The number of rotatable bonds is 4. The summed E-state index contributed by atoms with van der Waals surface area (Å²) in [5.74, 6) is -1.50. The molecule has 0 radical (unpaired) electrons. The molecule has 0 aliphatic rings. The normalized spacial score (nSPS) is 13.1. The van der Waals surface area contributed by atoms with Crippen molar-refractivity contribution in [1.29, 1.82) is 0 Å². The Hall–Kier alpha value is -1.31. The maximum Gasteiger partial charge on any atom is 0.406 e. The number of carbonyl (C=O) groups excluding carboxylic acids is 2. The van der Waals surface area contributed by atoms with Crippen molar-refractivity contribution in [2.45, 2.75) is 19.1 Å². The number of alkyl halides is 3. The predicted octanol–water partition coefficient (Wildman–Crippen LogP) is -0.187. The first-order valence-electron chi connectivity index (χ1n) is 4.86. The Morgan fingerprint density at radius 2 is 1.76 bits per heavy atom. The molecule has 0 rings (SSSR count). The van der Waals surface area contributed by atoms with E-state index in [-0.39, 0.29) is 0 Å². The molecule has 8 heteroatoms. The minimum absolute atomic E-state index is 0.410. The number of hydrogen-bond acceptors (Lipinski definition) is 3. The molecule has 0 aromatic rings. The highest BCUT2D eigenvalue weighted by Crippen LogP contribution is 2.16. The molecule has 1 atom stereocenters. The van der Waals surface area contributed by atoms with Crippen LogP contribution in [-0.4, -0.2) is 61.0 Å². The average molecular weight is 255 g/mol. The van der Waals surface area contributed by atoms with E-state index in [1.807, 2.05) is 0 Å². The Morgan fingerprint density at radius 1 is 1.29 bits per heavy atom. The zero-order valence-corrected chi connectivity index (χ0v) is 9.91. The molecule has 2 N–H and O–H groups in total. The molecule has 0 saturated heterocycles. The van der Waals surface area contributed by atoms with Gasteiger partial charge in [0.1, 0.15) is 13.1 Å². The maximum atomic E-state index is 12.2. The van der Waals surface area contributed by atoms with E-state index in [4.69, 9.17) is 5.73 Å². The minimum atomic E-state index is -4.56. The number of nitrogens with two attached hydrogens (primary N) is 1. The largest absolute Gasteiger partial charge is 0.406 e. The molecule has 0 spiro atoms. The molecule has 0 aromatic heterocycles. The fourth-order valence-corrected chi connectivity index (χ4v) is 1.02. The van der Waals surface area contributed by atoms with Gasteiger partial charge in [-0.25, -0.2) is 0 Å². The summed E-state index contributed by atoms with van der Waals surface area (Å²) in [4.78, 5) is 24.2. The first-order chi connectivity index (χ1) is 7.54. The van der Waals surface area contributed by atoms with Crippen molar-refractivity contribution < 1.29 is 22.8 Å². The molecule has 0 bridgehead atoms. The van der Waals surface area contributed by atoms with Gasteiger partial charge in [0.25, 0.3) is 0 Å². The van der Waals surface area contributed by atoms with E-state index in [0.717, 1.165) is 4.90 Å². The monoisotopic (exact) mass is 255 g/mol. The standard InChI is InChI=1S/C9H16F3N3O2/c1-6(13)8(17)15(5-9(10,11)12)4-7(16)14(2)3/h6H,4-5,13H2,1-3H3. The molecule has 0 heterocycles. The molecule has 0 aliphatic heterocycles. The highest BCUT2D eigenvalue weighted by Gasteiger charge is 2.34. The third-order valence-electron chi connectivity index (χ3n) is 1.90. The molecule has 0 aliphatic carbocycles. The molecular formula is C9H16F3N3O2. The second-order valence-corrected chi connectivity index (χ2v) is 3.89. The van der Waals surface area contributed by atoms with Crippen LogP contribution in [-0.2, 0) is 9.59 Å². The number of hydrogen-bond donors (Lipinski definition) is 1. The Labute approximate surface area is 97.3 Å². The SMILES string of the molecule is CC(N)C(=O)N(CC(=O)N(C)C)CC(F)(F)F. The van der Waals surface area contributed by atoms with E-state index >= 15 is 0 Å². The first-order valence-corrected chi connectivity index (χ1v) is 4.86. The van der Waals surface area contributed by atoms with Crippen LogP contribution in [0.3, 0.4) is 0 Å². The Kier molecular flexibility index (Phi) is 5.40. The van der Waals surface area contributed by atoms with Crippen LogP contribution in [0.15, 0.2) is 0 Å². The zero-order valence-electron chi connectivity index (χ0n) is 9.91. The summed E-state index contributed by atoms with van der Waals surface area (Å²) < 4.78 is 36.7. The molecule has 2 amide bonds. The van der Waals surface area contributed by atoms with E-state index in [0.29, 0.717) is 4.90 Å². The Balaban J connectivity index is 4.75. The third kappa shape index (κ3) is 6.10. The van der Waals surface area contributed by atoms with Gasteiger partial charge >= 0.3 is 6.18 Å². The van der Waals surface area contributed by atoms with Crippen molar-refractivity contribution in [3.8, 4) is 0 Å². The van der Waals surface area contributed by atoms with Crippen LogP contribution < -0.4 is 5.73 Å². The second kappa shape index (κ2) is 5.85. The van der Waals surface area contributed by atoms with Crippen molar-refractivity contribution in [3.05, 3.63) is 0 Å². The summed E-state index contributed by atoms with van der Waals surface area (Å²) in [6.45, 7) is -0.842. The van der Waals surface area contributed by atoms with Gasteiger partial charge in [0, 0.05) is 14.1 Å². The van der Waals surface area contributed by atoms with E-state index < -0.39 is 37.1 Å². The Bertz CT molecular complexity index is 290. The van der Waals surface area contributed by atoms with E-state index in [9.17, 15) is 22.8 Å². The van der Waals surface area contributed by atoms with Crippen LogP contribution >= 0.6 is 0 Å². The zero-order chi connectivity index (χ0) is 13.8. The quantitative estimate of drug-likeness (QED) is 0.757. The molecular weight excluding hydrogens is 239 g/mol. The summed E-state index contributed by atoms with van der Waals surface area (Å²) in [5, 5.41) is 0. The molecule has 0 fully saturated rings. The minimum Gasteiger partial charge on any atom is -0.347 e. The van der Waals surface area contributed by atoms with Gasteiger partial charge in [0.15, 0.2) is 0 Å². The van der Waals surface area contributed by atoms with Gasteiger partial charge in [-0.1, -0.05) is 0 Å². The molecule has 17 heavy (non-hydrogen) atoms. The Morgan fingerprint density at radius 3 is 2.06 bits per heavy atom. The summed E-state index contributed by atoms with van der Waals surface area (Å²) in [5.41, 5.74) is 5.22. The summed E-state index contributed by atoms with van der Waals surface area (Å²) in [6, 6.07) is -1.08. The number of amides is 2. The van der Waals surface area contributed by atoms with Gasteiger partial charge < -0.3 is 15.5 Å². The highest BCUT2D eigenvalue weighted by molar-refractivity contribution is 5.87. The van der Waals surface area contributed by atoms with Gasteiger partial charge in [-0.3, -0.25) is 9.59 Å². The van der Waals surface area contributed by atoms with Gasteiger partial charge in [-0.15, -0.1) is 0 Å².